The molecule has 2 aromatic heterocycles. The zero-order chi connectivity index (χ0) is 17.9. The third-order valence-electron chi connectivity index (χ3n) is 4.78. The Morgan fingerprint density at radius 3 is 2.65 bits per heavy atom. The van der Waals surface area contributed by atoms with Crippen LogP contribution < -0.4 is 4.80 Å². The highest BCUT2D eigenvalue weighted by molar-refractivity contribution is 7.07. The first-order chi connectivity index (χ1) is 12.7. The molecule has 0 aliphatic heterocycles. The van der Waals surface area contributed by atoms with Gasteiger partial charge in [0.25, 0.3) is 0 Å². The molecule has 0 spiro atoms. The van der Waals surface area contributed by atoms with E-state index >= 15 is 0 Å². The van der Waals surface area contributed by atoms with E-state index in [0.29, 0.717) is 0 Å². The Hall–Kier alpha value is -2.53. The van der Waals surface area contributed by atoms with Crippen LogP contribution in [0, 0.1) is 13.8 Å². The van der Waals surface area contributed by atoms with Gasteiger partial charge in [0.2, 0.25) is 4.80 Å². The van der Waals surface area contributed by atoms with Crippen LogP contribution in [0.2, 0.25) is 0 Å². The highest BCUT2D eigenvalue weighted by atomic mass is 32.1. The summed E-state index contributed by atoms with van der Waals surface area (Å²) in [7, 11) is 0. The molecule has 4 rings (SSSR count). The van der Waals surface area contributed by atoms with Gasteiger partial charge in [-0.05, 0) is 68.9 Å². The van der Waals surface area contributed by atoms with E-state index < -0.39 is 0 Å². The summed E-state index contributed by atoms with van der Waals surface area (Å²) in [4.78, 5) is 9.83. The lowest BCUT2D eigenvalue weighted by Crippen LogP contribution is -2.13. The number of pyridine rings is 1. The van der Waals surface area contributed by atoms with Crippen LogP contribution in [0.1, 0.15) is 36.8 Å². The van der Waals surface area contributed by atoms with Crippen molar-refractivity contribution in [1.29, 1.82) is 0 Å². The average Bonchev–Trinajstić information content (AvgIpc) is 3.30. The van der Waals surface area contributed by atoms with Gasteiger partial charge in [0.1, 0.15) is 0 Å². The van der Waals surface area contributed by atoms with Crippen molar-refractivity contribution in [3.05, 3.63) is 64.0 Å². The molecule has 0 atom stereocenters. The molecule has 26 heavy (non-hydrogen) atoms. The van der Waals surface area contributed by atoms with E-state index in [9.17, 15) is 0 Å². The Morgan fingerprint density at radius 1 is 1.08 bits per heavy atom. The van der Waals surface area contributed by atoms with Crippen LogP contribution in [0.15, 0.2) is 58.2 Å². The van der Waals surface area contributed by atoms with Crippen LogP contribution >= 0.6 is 11.3 Å². The van der Waals surface area contributed by atoms with Gasteiger partial charge in [-0.25, -0.2) is 9.67 Å². The number of hydrogen-bond acceptors (Lipinski definition) is 4. The highest BCUT2D eigenvalue weighted by Crippen LogP contribution is 2.24. The van der Waals surface area contributed by atoms with Crippen molar-refractivity contribution >= 4 is 22.7 Å². The molecule has 2 heterocycles. The highest BCUT2D eigenvalue weighted by Gasteiger charge is 2.13. The fraction of sp³-hybridized carbons (Fsp3) is 0.286. The molecule has 0 saturated heterocycles. The standard InChI is InChI=1S/C21H22N4S/c1-15-9-10-17(12-16(15)2)20-14-26-21(23-19-8-5-11-22-13-19)25(20)24-18-6-3-4-7-18/h5,8-14H,3-4,6-7H2,1-2H3. The molecule has 0 radical (unpaired) electrons. The predicted molar refractivity (Wildman–Crippen MR) is 108 cm³/mol. The monoisotopic (exact) mass is 362 g/mol. The summed E-state index contributed by atoms with van der Waals surface area (Å²) < 4.78 is 2.02. The molecule has 5 heteroatoms. The third-order valence-corrected chi connectivity index (χ3v) is 5.60. The van der Waals surface area contributed by atoms with Crippen LogP contribution in [0.4, 0.5) is 5.69 Å². The Morgan fingerprint density at radius 2 is 1.92 bits per heavy atom. The Labute approximate surface area is 157 Å². The van der Waals surface area contributed by atoms with Crippen LogP contribution in [-0.2, 0) is 0 Å². The largest absolute Gasteiger partial charge is 0.262 e. The zero-order valence-electron chi connectivity index (χ0n) is 15.1. The van der Waals surface area contributed by atoms with Gasteiger partial charge in [0, 0.05) is 22.9 Å². The van der Waals surface area contributed by atoms with Crippen molar-refractivity contribution in [3.63, 3.8) is 0 Å². The van der Waals surface area contributed by atoms with Gasteiger partial charge < -0.3 is 0 Å². The predicted octanol–water partition coefficient (Wildman–Crippen LogP) is 5.24. The van der Waals surface area contributed by atoms with Crippen molar-refractivity contribution < 1.29 is 0 Å². The van der Waals surface area contributed by atoms with E-state index in [-0.39, 0.29) is 0 Å². The minimum Gasteiger partial charge on any atom is -0.262 e. The lowest BCUT2D eigenvalue weighted by molar-refractivity contribution is 0.840. The average molecular weight is 363 g/mol. The van der Waals surface area contributed by atoms with Gasteiger partial charge >= 0.3 is 0 Å². The SMILES string of the molecule is Cc1ccc(-c2csc(=Nc3cccnc3)n2N=C2CCCC2)cc1C. The molecule has 1 aliphatic rings. The Kier molecular flexibility index (Phi) is 4.80. The molecule has 4 nitrogen and oxygen atoms in total. The van der Waals surface area contributed by atoms with Gasteiger partial charge in [0.15, 0.2) is 0 Å². The molecule has 0 bridgehead atoms. The van der Waals surface area contributed by atoms with Crippen LogP contribution in [-0.4, -0.2) is 15.4 Å². The summed E-state index contributed by atoms with van der Waals surface area (Å²) in [5, 5.41) is 7.12. The number of nitrogens with zero attached hydrogens (tertiary/aromatic N) is 4. The minimum atomic E-state index is 0.848. The number of aromatic nitrogens is 2. The number of aryl methyl sites for hydroxylation is 2. The molecule has 132 valence electrons. The van der Waals surface area contributed by atoms with Crippen molar-refractivity contribution in [2.75, 3.05) is 0 Å². The Bertz CT molecular complexity index is 1000. The quantitative estimate of drug-likeness (QED) is 0.628. The van der Waals surface area contributed by atoms with Gasteiger partial charge in [-0.1, -0.05) is 12.1 Å². The summed E-state index contributed by atoms with van der Waals surface area (Å²) >= 11 is 1.62. The van der Waals surface area contributed by atoms with E-state index in [4.69, 9.17) is 10.1 Å². The molecule has 0 amide bonds. The van der Waals surface area contributed by atoms with Gasteiger partial charge in [-0.2, -0.15) is 5.10 Å². The lowest BCUT2D eigenvalue weighted by Gasteiger charge is -2.07. The third kappa shape index (κ3) is 3.53. The second kappa shape index (κ2) is 7.38. The van der Waals surface area contributed by atoms with E-state index in [2.05, 4.69) is 42.4 Å². The molecule has 3 aromatic rings. The number of benzene rings is 1. The molecule has 1 saturated carbocycles. The second-order valence-electron chi connectivity index (χ2n) is 6.71. The summed E-state index contributed by atoms with van der Waals surface area (Å²) in [6.07, 6.45) is 8.18. The maximum Gasteiger partial charge on any atom is 0.211 e. The first-order valence-corrected chi connectivity index (χ1v) is 9.88. The van der Waals surface area contributed by atoms with E-state index in [1.54, 1.807) is 23.7 Å². The molecule has 0 N–H and O–H groups in total. The normalized spacial score (nSPS) is 14.8. The fourth-order valence-corrected chi connectivity index (χ4v) is 3.98. The maximum absolute atomic E-state index is 4.97. The fourth-order valence-electron chi connectivity index (χ4n) is 3.13. The summed E-state index contributed by atoms with van der Waals surface area (Å²) in [5.41, 5.74) is 6.99. The number of hydrogen-bond donors (Lipinski definition) is 0. The minimum absolute atomic E-state index is 0.848. The molecule has 1 aromatic carbocycles. The second-order valence-corrected chi connectivity index (χ2v) is 7.55. The van der Waals surface area contributed by atoms with Crippen LogP contribution in [0.5, 0.6) is 0 Å². The summed E-state index contributed by atoms with van der Waals surface area (Å²) in [5.74, 6) is 0. The van der Waals surface area contributed by atoms with Gasteiger partial charge in [-0.3, -0.25) is 4.98 Å². The first-order valence-electron chi connectivity index (χ1n) is 9.00. The topological polar surface area (TPSA) is 42.5 Å². The van der Waals surface area contributed by atoms with Crippen molar-refractivity contribution in [1.82, 2.24) is 9.66 Å². The lowest BCUT2D eigenvalue weighted by atomic mass is 10.1. The zero-order valence-corrected chi connectivity index (χ0v) is 16.0. The Balaban J connectivity index is 1.88. The van der Waals surface area contributed by atoms with Crippen molar-refractivity contribution in [2.24, 2.45) is 10.1 Å². The molecule has 0 unspecified atom stereocenters. The number of thiazole rings is 1. The van der Waals surface area contributed by atoms with Crippen molar-refractivity contribution in [2.45, 2.75) is 39.5 Å². The van der Waals surface area contributed by atoms with Gasteiger partial charge in [0.05, 0.1) is 17.6 Å². The van der Waals surface area contributed by atoms with E-state index in [1.165, 1.54) is 35.2 Å². The molecule has 1 fully saturated rings. The van der Waals surface area contributed by atoms with Crippen LogP contribution in [0.3, 0.4) is 0 Å². The molecule has 1 aliphatic carbocycles. The first kappa shape index (κ1) is 16.9. The summed E-state index contributed by atoms with van der Waals surface area (Å²) in [6.45, 7) is 4.29. The van der Waals surface area contributed by atoms with E-state index in [0.717, 1.165) is 29.0 Å². The summed E-state index contributed by atoms with van der Waals surface area (Å²) in [6, 6.07) is 10.5. The molecular weight excluding hydrogens is 340 g/mol. The van der Waals surface area contributed by atoms with Crippen LogP contribution in [0.25, 0.3) is 11.3 Å². The van der Waals surface area contributed by atoms with Gasteiger partial charge in [-0.15, -0.1) is 11.3 Å². The van der Waals surface area contributed by atoms with Crippen molar-refractivity contribution in [3.8, 4) is 11.3 Å². The maximum atomic E-state index is 4.97. The van der Waals surface area contributed by atoms with E-state index in [1.807, 2.05) is 16.8 Å². The number of rotatable bonds is 3. The smallest absolute Gasteiger partial charge is 0.211 e. The molecular formula is C21H22N4S.